The van der Waals surface area contributed by atoms with Crippen molar-refractivity contribution in [3.63, 3.8) is 0 Å². The molecule has 0 saturated heterocycles. The number of ether oxygens (including phenoxy) is 2. The SMILES string of the molecule is CCN1/C(=C\C=N)C(C)(Cc2ccc(C(=O)OC)cc2)c2cc(OC)ccc21.N=C(O)c1ccccc1.[Co]. The van der Waals surface area contributed by atoms with Gasteiger partial charge in [-0.3, -0.25) is 5.41 Å². The summed E-state index contributed by atoms with van der Waals surface area (Å²) in [4.78, 5) is 14.0. The molecule has 3 aromatic rings. The predicted molar refractivity (Wildman–Crippen MR) is 148 cm³/mol. The Morgan fingerprint density at radius 1 is 1.03 bits per heavy atom. The Hall–Kier alpha value is -3.88. The minimum absolute atomic E-state index is 0. The third-order valence-corrected chi connectivity index (χ3v) is 6.48. The van der Waals surface area contributed by atoms with Gasteiger partial charge in [0.1, 0.15) is 5.75 Å². The van der Waals surface area contributed by atoms with Gasteiger partial charge in [-0.25, -0.2) is 4.79 Å². The van der Waals surface area contributed by atoms with Crippen LogP contribution in [0.25, 0.3) is 0 Å². The fraction of sp³-hybridized carbons (Fsp3) is 0.233. The average molecular weight is 559 g/mol. The van der Waals surface area contributed by atoms with E-state index < -0.39 is 0 Å². The number of methoxy groups -OCH3 is 2. The van der Waals surface area contributed by atoms with Crippen molar-refractivity contribution >= 4 is 23.8 Å². The summed E-state index contributed by atoms with van der Waals surface area (Å²) < 4.78 is 10.3. The summed E-state index contributed by atoms with van der Waals surface area (Å²) in [5, 5.41) is 23.1. The second-order valence-corrected chi connectivity index (χ2v) is 8.76. The van der Waals surface area contributed by atoms with Crippen LogP contribution in [-0.2, 0) is 33.4 Å². The van der Waals surface area contributed by atoms with Crippen molar-refractivity contribution in [2.45, 2.75) is 25.7 Å². The summed E-state index contributed by atoms with van der Waals surface area (Å²) in [5.41, 5.74) is 5.30. The van der Waals surface area contributed by atoms with Crippen LogP contribution in [0.15, 0.2) is 84.6 Å². The summed E-state index contributed by atoms with van der Waals surface area (Å²) in [6.07, 6.45) is 3.96. The number of nitrogens with zero attached hydrogens (tertiary/aromatic N) is 1. The Morgan fingerprint density at radius 2 is 1.68 bits per heavy atom. The first-order valence-corrected chi connectivity index (χ1v) is 12.0. The normalized spacial score (nSPS) is 16.4. The zero-order valence-corrected chi connectivity index (χ0v) is 23.0. The van der Waals surface area contributed by atoms with Gasteiger partial charge in [-0.05, 0) is 79.9 Å². The molecule has 0 aliphatic carbocycles. The van der Waals surface area contributed by atoms with Gasteiger partial charge < -0.3 is 24.9 Å². The molecule has 7 nitrogen and oxygen atoms in total. The van der Waals surface area contributed by atoms with Crippen LogP contribution < -0.4 is 9.64 Å². The standard InChI is InChI=1S/C23H26N2O3.C7H7NO.Co/c1-5-25-20-11-10-18(27-3)14-19(20)23(2,21(25)12-13-24)15-16-6-8-17(9-7-16)22(26)28-4;8-7(9)6-4-2-1-3-5-6;/h6-14,24H,5,15H2,1-4H3;1-5H,(H2,8,9);/b21-12-,24-13?;;. The van der Waals surface area contributed by atoms with Crippen molar-refractivity contribution in [1.82, 2.24) is 0 Å². The van der Waals surface area contributed by atoms with Crippen LogP contribution in [0, 0.1) is 10.8 Å². The summed E-state index contributed by atoms with van der Waals surface area (Å²) in [7, 11) is 3.05. The van der Waals surface area contributed by atoms with E-state index in [0.717, 1.165) is 35.7 Å². The Morgan fingerprint density at radius 3 is 2.18 bits per heavy atom. The molecule has 8 heteroatoms. The van der Waals surface area contributed by atoms with Crippen molar-refractivity contribution in [2.24, 2.45) is 0 Å². The van der Waals surface area contributed by atoms with Crippen LogP contribution in [0.5, 0.6) is 5.75 Å². The van der Waals surface area contributed by atoms with E-state index in [-0.39, 0.29) is 34.1 Å². The number of carbonyl (C=O) groups excluding carboxylic acids is 1. The van der Waals surface area contributed by atoms with Crippen molar-refractivity contribution in [1.29, 1.82) is 10.8 Å². The van der Waals surface area contributed by atoms with E-state index in [4.69, 9.17) is 25.4 Å². The number of nitrogens with one attached hydrogen (secondary N) is 2. The molecule has 0 aromatic heterocycles. The quantitative estimate of drug-likeness (QED) is 0.190. The minimum Gasteiger partial charge on any atom is -0.497 e. The molecule has 3 aromatic carbocycles. The molecule has 4 rings (SSSR count). The molecule has 1 aliphatic rings. The Bertz CT molecular complexity index is 1290. The van der Waals surface area contributed by atoms with Crippen molar-refractivity contribution in [3.8, 4) is 5.75 Å². The number of hydrogen-bond donors (Lipinski definition) is 3. The first-order chi connectivity index (χ1) is 17.8. The van der Waals surface area contributed by atoms with Gasteiger partial charge in [0.05, 0.1) is 19.8 Å². The maximum absolute atomic E-state index is 11.7. The molecule has 1 atom stereocenters. The second-order valence-electron chi connectivity index (χ2n) is 8.76. The number of aliphatic hydroxyl groups excluding tert-OH is 1. The molecule has 0 saturated carbocycles. The molecule has 38 heavy (non-hydrogen) atoms. The zero-order chi connectivity index (χ0) is 27.0. The molecule has 1 heterocycles. The number of benzene rings is 3. The first-order valence-electron chi connectivity index (χ1n) is 12.0. The van der Waals surface area contributed by atoms with E-state index >= 15 is 0 Å². The fourth-order valence-corrected chi connectivity index (χ4v) is 4.65. The number of fused-ring (bicyclic) bond motifs is 1. The van der Waals surface area contributed by atoms with Crippen LogP contribution in [0.4, 0.5) is 5.69 Å². The van der Waals surface area contributed by atoms with Crippen molar-refractivity contribution < 1.29 is 36.2 Å². The molecule has 1 unspecified atom stereocenters. The van der Waals surface area contributed by atoms with E-state index in [1.807, 2.05) is 30.3 Å². The van der Waals surface area contributed by atoms with Crippen molar-refractivity contribution in [2.75, 3.05) is 25.7 Å². The topological polar surface area (TPSA) is 107 Å². The van der Waals surface area contributed by atoms with E-state index in [9.17, 15) is 4.79 Å². The van der Waals surface area contributed by atoms with Gasteiger partial charge in [-0.15, -0.1) is 0 Å². The van der Waals surface area contributed by atoms with E-state index in [1.54, 1.807) is 43.5 Å². The van der Waals surface area contributed by atoms with Gasteiger partial charge in [-0.1, -0.05) is 30.3 Å². The average Bonchev–Trinajstić information content (AvgIpc) is 3.16. The van der Waals surface area contributed by atoms with E-state index in [2.05, 4.69) is 30.9 Å². The number of hydrogen-bond acceptors (Lipinski definition) is 6. The van der Waals surface area contributed by atoms with Gasteiger partial charge >= 0.3 is 5.97 Å². The smallest absolute Gasteiger partial charge is 0.337 e. The molecular formula is C30H33CoN3O4. The summed E-state index contributed by atoms with van der Waals surface area (Å²) >= 11 is 0. The van der Waals surface area contributed by atoms with E-state index in [1.165, 1.54) is 18.9 Å². The molecule has 201 valence electrons. The number of esters is 1. The molecule has 0 fully saturated rings. The summed E-state index contributed by atoms with van der Waals surface area (Å²) in [6.45, 7) is 5.13. The molecule has 0 spiro atoms. The summed E-state index contributed by atoms with van der Waals surface area (Å²) in [5.74, 6) is 0.101. The van der Waals surface area contributed by atoms with Crippen LogP contribution in [-0.4, -0.2) is 44.0 Å². The molecule has 1 radical (unpaired) electrons. The van der Waals surface area contributed by atoms with E-state index in [0.29, 0.717) is 11.1 Å². The molecule has 1 aliphatic heterocycles. The summed E-state index contributed by atoms with van der Waals surface area (Å²) in [6, 6.07) is 22.4. The Labute approximate surface area is 234 Å². The molecule has 3 N–H and O–H groups in total. The van der Waals surface area contributed by atoms with Crippen LogP contribution in [0.2, 0.25) is 0 Å². The van der Waals surface area contributed by atoms with Crippen LogP contribution in [0.1, 0.15) is 40.9 Å². The van der Waals surface area contributed by atoms with Crippen LogP contribution >= 0.6 is 0 Å². The number of allylic oxidation sites excluding steroid dienone is 2. The number of likely N-dealkylation sites (N-methyl/N-ethyl adjacent to an activating group) is 1. The number of anilines is 1. The predicted octanol–water partition coefficient (Wildman–Crippen LogP) is 5.92. The van der Waals surface area contributed by atoms with Gasteiger partial charge in [0.2, 0.25) is 5.90 Å². The Balaban J connectivity index is 0.000000430. The van der Waals surface area contributed by atoms with Gasteiger partial charge in [-0.2, -0.15) is 0 Å². The fourth-order valence-electron chi connectivity index (χ4n) is 4.65. The minimum atomic E-state index is -0.379. The number of rotatable bonds is 7. The zero-order valence-electron chi connectivity index (χ0n) is 21.9. The number of aliphatic hydroxyl groups is 1. The third kappa shape index (κ3) is 6.51. The molecular weight excluding hydrogens is 525 g/mol. The third-order valence-electron chi connectivity index (χ3n) is 6.48. The molecule has 0 amide bonds. The molecule has 0 bridgehead atoms. The van der Waals surface area contributed by atoms with Crippen molar-refractivity contribution in [3.05, 3.63) is 107 Å². The van der Waals surface area contributed by atoms with Gasteiger partial charge in [0.25, 0.3) is 0 Å². The van der Waals surface area contributed by atoms with Gasteiger partial charge in [0.15, 0.2) is 0 Å². The second kappa shape index (κ2) is 13.6. The monoisotopic (exact) mass is 558 g/mol. The maximum atomic E-state index is 11.7. The number of carbonyl (C=O) groups is 1. The largest absolute Gasteiger partial charge is 0.497 e. The van der Waals surface area contributed by atoms with Crippen LogP contribution in [0.3, 0.4) is 0 Å². The Kier molecular flexibility index (Phi) is 10.9. The first kappa shape index (κ1) is 30.3. The maximum Gasteiger partial charge on any atom is 0.337 e. The van der Waals surface area contributed by atoms with Gasteiger partial charge in [0, 0.05) is 51.9 Å².